The van der Waals surface area contributed by atoms with Crippen LogP contribution in [-0.4, -0.2) is 11.2 Å². The van der Waals surface area contributed by atoms with Gasteiger partial charge in [0.15, 0.2) is 0 Å². The summed E-state index contributed by atoms with van der Waals surface area (Å²) < 4.78 is 1.18. The second-order valence-corrected chi connectivity index (χ2v) is 2.94. The van der Waals surface area contributed by atoms with Gasteiger partial charge in [0.1, 0.15) is 0 Å². The van der Waals surface area contributed by atoms with Crippen LogP contribution in [0.3, 0.4) is 0 Å². The number of halogens is 1. The predicted octanol–water partition coefficient (Wildman–Crippen LogP) is 2.38. The van der Waals surface area contributed by atoms with Gasteiger partial charge < -0.3 is 10.8 Å². The van der Waals surface area contributed by atoms with Crippen LogP contribution in [0, 0.1) is 6.92 Å². The Kier molecular flexibility index (Phi) is 5.12. The van der Waals surface area contributed by atoms with E-state index in [9.17, 15) is 0 Å². The van der Waals surface area contributed by atoms with Crippen molar-refractivity contribution in [2.24, 2.45) is 5.73 Å². The molecule has 0 saturated heterocycles. The number of carbonyl (C=O) groups is 1. The summed E-state index contributed by atoms with van der Waals surface area (Å²) in [6.45, 7) is 2.07. The molecule has 0 spiro atoms. The van der Waals surface area contributed by atoms with Gasteiger partial charge in [-0.2, -0.15) is 0 Å². The molecular weight excluding hydrogens is 222 g/mol. The fraction of sp³-hybridized carbons (Fsp3) is 0.125. The molecule has 0 saturated carbocycles. The minimum atomic E-state index is -1.33. The highest BCUT2D eigenvalue weighted by Crippen LogP contribution is 2.13. The Hall–Kier alpha value is -1.03. The summed E-state index contributed by atoms with van der Waals surface area (Å²) in [6.07, 6.45) is -1.33. The first kappa shape index (κ1) is 11.0. The van der Waals surface area contributed by atoms with Crippen molar-refractivity contribution < 1.29 is 9.90 Å². The van der Waals surface area contributed by atoms with Gasteiger partial charge in [0.2, 0.25) is 0 Å². The minimum absolute atomic E-state index is 1.18. The van der Waals surface area contributed by atoms with Crippen LogP contribution in [0.1, 0.15) is 5.56 Å². The maximum Gasteiger partial charge on any atom is 0.402 e. The van der Waals surface area contributed by atoms with E-state index in [1.165, 1.54) is 10.0 Å². The number of rotatable bonds is 0. The lowest BCUT2D eigenvalue weighted by Crippen LogP contribution is -2.03. The first-order chi connectivity index (χ1) is 5.54. The van der Waals surface area contributed by atoms with Crippen molar-refractivity contribution >= 4 is 22.0 Å². The van der Waals surface area contributed by atoms with E-state index in [-0.39, 0.29) is 0 Å². The third-order valence-electron chi connectivity index (χ3n) is 1.08. The van der Waals surface area contributed by atoms with Crippen LogP contribution >= 0.6 is 15.9 Å². The molecule has 1 amide bonds. The van der Waals surface area contributed by atoms with Gasteiger partial charge in [-0.05, 0) is 18.6 Å². The van der Waals surface area contributed by atoms with Gasteiger partial charge in [-0.15, -0.1) is 0 Å². The highest BCUT2D eigenvalue weighted by molar-refractivity contribution is 9.10. The maximum absolute atomic E-state index is 8.78. The zero-order valence-corrected chi connectivity index (χ0v) is 8.21. The van der Waals surface area contributed by atoms with E-state index in [0.29, 0.717) is 0 Å². The van der Waals surface area contributed by atoms with Crippen LogP contribution < -0.4 is 5.73 Å². The fourth-order valence-electron chi connectivity index (χ4n) is 0.551. The molecule has 0 atom stereocenters. The van der Waals surface area contributed by atoms with Crippen molar-refractivity contribution in [3.05, 3.63) is 34.3 Å². The average molecular weight is 232 g/mol. The molecule has 0 aliphatic rings. The summed E-state index contributed by atoms with van der Waals surface area (Å²) in [5.74, 6) is 0. The lowest BCUT2D eigenvalue weighted by Gasteiger charge is -1.91. The SMILES string of the molecule is Cc1ccccc1Br.NC(=O)O. The Morgan fingerprint density at radius 3 is 2.17 bits per heavy atom. The quantitative estimate of drug-likeness (QED) is 0.721. The van der Waals surface area contributed by atoms with Crippen LogP contribution in [0.4, 0.5) is 4.79 Å². The minimum Gasteiger partial charge on any atom is -0.465 e. The molecule has 1 aromatic carbocycles. The zero-order valence-electron chi connectivity index (χ0n) is 6.62. The number of amides is 1. The molecule has 4 heteroatoms. The van der Waals surface area contributed by atoms with Crippen LogP contribution in [0.5, 0.6) is 0 Å². The fourth-order valence-corrected chi connectivity index (χ4v) is 0.836. The number of benzene rings is 1. The van der Waals surface area contributed by atoms with Gasteiger partial charge in [-0.3, -0.25) is 0 Å². The molecule has 0 aromatic heterocycles. The third-order valence-corrected chi connectivity index (χ3v) is 1.97. The standard InChI is InChI=1S/C7H7Br.CH3NO2/c1-6-4-2-3-5-7(6)8;2-1(3)4/h2-5H,1H3;2H2,(H,3,4). The molecule has 66 valence electrons. The summed E-state index contributed by atoms with van der Waals surface area (Å²) in [5, 5.41) is 7.19. The molecule has 0 aliphatic heterocycles. The van der Waals surface area contributed by atoms with Gasteiger partial charge >= 0.3 is 6.09 Å². The van der Waals surface area contributed by atoms with E-state index in [0.717, 1.165) is 0 Å². The van der Waals surface area contributed by atoms with Crippen molar-refractivity contribution in [3.8, 4) is 0 Å². The van der Waals surface area contributed by atoms with Crippen molar-refractivity contribution in [1.29, 1.82) is 0 Å². The largest absolute Gasteiger partial charge is 0.465 e. The van der Waals surface area contributed by atoms with Crippen LogP contribution in [0.25, 0.3) is 0 Å². The summed E-state index contributed by atoms with van der Waals surface area (Å²) in [4.78, 5) is 8.78. The van der Waals surface area contributed by atoms with Gasteiger partial charge in [0.25, 0.3) is 0 Å². The lowest BCUT2D eigenvalue weighted by atomic mass is 10.2. The molecule has 1 aromatic rings. The lowest BCUT2D eigenvalue weighted by molar-refractivity contribution is 0.205. The number of carboxylic acid groups (broad SMARTS) is 1. The monoisotopic (exact) mass is 231 g/mol. The number of hydrogen-bond donors (Lipinski definition) is 2. The van der Waals surface area contributed by atoms with Crippen molar-refractivity contribution in [3.63, 3.8) is 0 Å². The van der Waals surface area contributed by atoms with E-state index in [2.05, 4.69) is 34.7 Å². The van der Waals surface area contributed by atoms with Crippen LogP contribution in [0.15, 0.2) is 28.7 Å². The number of primary amides is 1. The molecular formula is C8H10BrNO2. The van der Waals surface area contributed by atoms with Gasteiger partial charge in [0, 0.05) is 4.47 Å². The predicted molar refractivity (Wildman–Crippen MR) is 51.1 cm³/mol. The molecule has 3 nitrogen and oxygen atoms in total. The van der Waals surface area contributed by atoms with E-state index in [1.807, 2.05) is 18.2 Å². The van der Waals surface area contributed by atoms with E-state index in [1.54, 1.807) is 0 Å². The second kappa shape index (κ2) is 5.60. The maximum atomic E-state index is 8.78. The van der Waals surface area contributed by atoms with Crippen molar-refractivity contribution in [1.82, 2.24) is 0 Å². The smallest absolute Gasteiger partial charge is 0.402 e. The molecule has 0 unspecified atom stereocenters. The molecule has 0 aliphatic carbocycles. The summed E-state index contributed by atoms with van der Waals surface area (Å²) in [7, 11) is 0. The van der Waals surface area contributed by atoms with E-state index < -0.39 is 6.09 Å². The number of aryl methyl sites for hydroxylation is 1. The molecule has 1 rings (SSSR count). The molecule has 12 heavy (non-hydrogen) atoms. The van der Waals surface area contributed by atoms with Crippen molar-refractivity contribution in [2.45, 2.75) is 6.92 Å². The molecule has 0 bridgehead atoms. The Balaban J connectivity index is 0.000000261. The zero-order chi connectivity index (χ0) is 9.56. The topological polar surface area (TPSA) is 63.3 Å². The molecule has 0 heterocycles. The van der Waals surface area contributed by atoms with E-state index in [4.69, 9.17) is 9.90 Å². The van der Waals surface area contributed by atoms with Crippen molar-refractivity contribution in [2.75, 3.05) is 0 Å². The third kappa shape index (κ3) is 5.73. The Labute approximate surface area is 79.3 Å². The van der Waals surface area contributed by atoms with Crippen LogP contribution in [0.2, 0.25) is 0 Å². The number of nitrogens with two attached hydrogens (primary N) is 1. The van der Waals surface area contributed by atoms with Gasteiger partial charge in [-0.1, -0.05) is 34.1 Å². The Bertz CT molecular complexity index is 238. The Morgan fingerprint density at radius 1 is 1.50 bits per heavy atom. The summed E-state index contributed by atoms with van der Waals surface area (Å²) >= 11 is 3.40. The molecule has 0 fully saturated rings. The Morgan fingerprint density at radius 2 is 1.92 bits per heavy atom. The molecule has 3 N–H and O–H groups in total. The van der Waals surface area contributed by atoms with E-state index >= 15 is 0 Å². The summed E-state index contributed by atoms with van der Waals surface area (Å²) in [5.41, 5.74) is 5.31. The van der Waals surface area contributed by atoms with Gasteiger partial charge in [0.05, 0.1) is 0 Å². The highest BCUT2D eigenvalue weighted by atomic mass is 79.9. The normalized spacial score (nSPS) is 8.17. The second-order valence-electron chi connectivity index (χ2n) is 2.09. The summed E-state index contributed by atoms with van der Waals surface area (Å²) in [6, 6.07) is 8.15. The molecule has 0 radical (unpaired) electrons. The van der Waals surface area contributed by atoms with Gasteiger partial charge in [-0.25, -0.2) is 4.79 Å². The first-order valence-corrected chi connectivity index (χ1v) is 4.03. The average Bonchev–Trinajstić information content (AvgIpc) is 1.94. The van der Waals surface area contributed by atoms with Crippen LogP contribution in [-0.2, 0) is 0 Å². The number of hydrogen-bond acceptors (Lipinski definition) is 1. The highest BCUT2D eigenvalue weighted by Gasteiger charge is 1.86. The first-order valence-electron chi connectivity index (χ1n) is 3.23.